The van der Waals surface area contributed by atoms with Crippen LogP contribution >= 0.6 is 28.1 Å². The highest BCUT2D eigenvalue weighted by atomic mass is 79.9. The summed E-state index contributed by atoms with van der Waals surface area (Å²) in [5.74, 6) is -0.936. The topological polar surface area (TPSA) is 55.1 Å². The molecule has 1 rings (SSSR count). The second-order valence-electron chi connectivity index (χ2n) is 2.82. The summed E-state index contributed by atoms with van der Waals surface area (Å²) >= 11 is 7.73. The fraction of sp³-hybridized carbons (Fsp3) is 0.111. The average Bonchev–Trinajstić information content (AvgIpc) is 2.10. The van der Waals surface area contributed by atoms with Gasteiger partial charge in [0.25, 0.3) is 0 Å². The minimum atomic E-state index is -0.505. The minimum Gasteiger partial charge on any atom is -0.393 e. The fourth-order valence-electron chi connectivity index (χ4n) is 0.946. The highest BCUT2D eigenvalue weighted by Gasteiger charge is 2.08. The average molecular weight is 291 g/mol. The van der Waals surface area contributed by atoms with E-state index < -0.39 is 11.7 Å². The van der Waals surface area contributed by atoms with Gasteiger partial charge < -0.3 is 11.1 Å². The van der Waals surface area contributed by atoms with Gasteiger partial charge in [0.2, 0.25) is 5.91 Å². The summed E-state index contributed by atoms with van der Waals surface area (Å²) in [6, 6.07) is 4.26. The lowest BCUT2D eigenvalue weighted by Crippen LogP contribution is -2.20. The first kappa shape index (κ1) is 12.1. The largest absolute Gasteiger partial charge is 0.393 e. The molecule has 1 aromatic carbocycles. The van der Waals surface area contributed by atoms with Gasteiger partial charge in [-0.25, -0.2) is 4.39 Å². The van der Waals surface area contributed by atoms with E-state index in [1.807, 2.05) is 0 Å². The fourth-order valence-corrected chi connectivity index (χ4v) is 1.44. The number of nitrogens with two attached hydrogens (primary N) is 1. The van der Waals surface area contributed by atoms with Gasteiger partial charge >= 0.3 is 0 Å². The van der Waals surface area contributed by atoms with Crippen LogP contribution in [-0.2, 0) is 4.79 Å². The third-order valence-electron chi connectivity index (χ3n) is 1.54. The molecule has 0 unspecified atom stereocenters. The Morgan fingerprint density at radius 1 is 1.60 bits per heavy atom. The van der Waals surface area contributed by atoms with Crippen molar-refractivity contribution in [3.63, 3.8) is 0 Å². The van der Waals surface area contributed by atoms with E-state index in [1.165, 1.54) is 12.1 Å². The summed E-state index contributed by atoms with van der Waals surface area (Å²) in [4.78, 5) is 11.3. The van der Waals surface area contributed by atoms with Crippen LogP contribution in [0.2, 0.25) is 0 Å². The molecule has 1 amide bonds. The Bertz CT molecular complexity index is 411. The molecule has 0 aliphatic heterocycles. The number of halogens is 2. The summed E-state index contributed by atoms with van der Waals surface area (Å²) < 4.78 is 13.8. The van der Waals surface area contributed by atoms with Crippen molar-refractivity contribution in [2.24, 2.45) is 5.73 Å². The predicted octanol–water partition coefficient (Wildman–Crippen LogP) is 2.20. The molecule has 1 aromatic rings. The van der Waals surface area contributed by atoms with Crippen molar-refractivity contribution in [1.29, 1.82) is 0 Å². The molecule has 0 spiro atoms. The lowest BCUT2D eigenvalue weighted by atomic mass is 10.3. The van der Waals surface area contributed by atoms with Crippen LogP contribution in [-0.4, -0.2) is 10.9 Å². The van der Waals surface area contributed by atoms with Crippen LogP contribution in [0.1, 0.15) is 6.42 Å². The lowest BCUT2D eigenvalue weighted by molar-refractivity contribution is -0.115. The highest BCUT2D eigenvalue weighted by Crippen LogP contribution is 2.19. The molecule has 3 nitrogen and oxygen atoms in total. The van der Waals surface area contributed by atoms with Crippen molar-refractivity contribution >= 4 is 44.7 Å². The number of carbonyl (C=O) groups excluding carboxylic acids is 1. The Kier molecular flexibility index (Phi) is 4.16. The third-order valence-corrected chi connectivity index (χ3v) is 2.17. The third kappa shape index (κ3) is 3.93. The second-order valence-corrected chi connectivity index (χ2v) is 4.26. The van der Waals surface area contributed by atoms with Crippen LogP contribution in [0.3, 0.4) is 0 Å². The zero-order valence-corrected chi connectivity index (χ0v) is 9.99. The Labute approximate surface area is 100.0 Å². The molecular weight excluding hydrogens is 283 g/mol. The number of carbonyl (C=O) groups is 1. The first-order valence-corrected chi connectivity index (χ1v) is 5.22. The molecule has 0 aliphatic rings. The normalized spacial score (nSPS) is 9.73. The minimum absolute atomic E-state index is 0.0721. The molecule has 0 radical (unpaired) electrons. The van der Waals surface area contributed by atoms with E-state index >= 15 is 0 Å². The maximum atomic E-state index is 13.2. The van der Waals surface area contributed by atoms with Crippen LogP contribution in [0.5, 0.6) is 0 Å². The lowest BCUT2D eigenvalue weighted by Gasteiger charge is -2.05. The Morgan fingerprint density at radius 3 is 2.87 bits per heavy atom. The summed E-state index contributed by atoms with van der Waals surface area (Å²) in [5.41, 5.74) is 5.28. The summed E-state index contributed by atoms with van der Waals surface area (Å²) in [7, 11) is 0. The van der Waals surface area contributed by atoms with E-state index in [2.05, 4.69) is 33.5 Å². The van der Waals surface area contributed by atoms with Crippen molar-refractivity contribution < 1.29 is 9.18 Å². The molecule has 0 fully saturated rings. The molecule has 15 heavy (non-hydrogen) atoms. The van der Waals surface area contributed by atoms with E-state index in [1.54, 1.807) is 6.07 Å². The number of hydrogen-bond acceptors (Lipinski definition) is 2. The standard InChI is InChI=1S/C9H8BrFN2OS/c10-5-1-2-6(11)7(3-5)13-9(14)4-8(12)15/h1-3H,4H2,(H2,12,15)(H,13,14). The van der Waals surface area contributed by atoms with Crippen molar-refractivity contribution in [3.8, 4) is 0 Å². The van der Waals surface area contributed by atoms with E-state index in [9.17, 15) is 9.18 Å². The first-order valence-electron chi connectivity index (χ1n) is 4.02. The van der Waals surface area contributed by atoms with Crippen LogP contribution < -0.4 is 11.1 Å². The number of hydrogen-bond donors (Lipinski definition) is 2. The maximum Gasteiger partial charge on any atom is 0.231 e. The zero-order valence-electron chi connectivity index (χ0n) is 7.59. The maximum absolute atomic E-state index is 13.2. The molecule has 0 atom stereocenters. The van der Waals surface area contributed by atoms with Gasteiger partial charge in [-0.2, -0.15) is 0 Å². The van der Waals surface area contributed by atoms with Gasteiger partial charge in [-0.1, -0.05) is 28.1 Å². The van der Waals surface area contributed by atoms with E-state index in [4.69, 9.17) is 5.73 Å². The van der Waals surface area contributed by atoms with Crippen LogP contribution in [0.25, 0.3) is 0 Å². The molecule has 80 valence electrons. The molecule has 3 N–H and O–H groups in total. The van der Waals surface area contributed by atoms with Crippen LogP contribution in [0, 0.1) is 5.82 Å². The number of rotatable bonds is 3. The molecule has 0 aromatic heterocycles. The number of thiocarbonyl (C=S) groups is 1. The van der Waals surface area contributed by atoms with Crippen molar-refractivity contribution in [3.05, 3.63) is 28.5 Å². The quantitative estimate of drug-likeness (QED) is 0.839. The van der Waals surface area contributed by atoms with E-state index in [0.717, 1.165) is 0 Å². The Morgan fingerprint density at radius 2 is 2.27 bits per heavy atom. The summed E-state index contributed by atoms with van der Waals surface area (Å²) in [6.07, 6.45) is -0.0959. The molecule has 0 aliphatic carbocycles. The molecular formula is C9H8BrFN2OS. The van der Waals surface area contributed by atoms with E-state index in [0.29, 0.717) is 4.47 Å². The molecule has 0 saturated carbocycles. The Balaban J connectivity index is 2.76. The van der Waals surface area contributed by atoms with Gasteiger partial charge in [-0.3, -0.25) is 4.79 Å². The van der Waals surface area contributed by atoms with Gasteiger partial charge in [-0.05, 0) is 18.2 Å². The van der Waals surface area contributed by atoms with Gasteiger partial charge in [-0.15, -0.1) is 0 Å². The summed E-state index contributed by atoms with van der Waals surface area (Å²) in [5, 5.41) is 2.37. The first-order chi connectivity index (χ1) is 6.99. The van der Waals surface area contributed by atoms with Crippen molar-refractivity contribution in [2.45, 2.75) is 6.42 Å². The molecule has 0 heterocycles. The zero-order chi connectivity index (χ0) is 11.4. The number of anilines is 1. The molecule has 6 heteroatoms. The molecule has 0 bridgehead atoms. The second kappa shape index (κ2) is 5.18. The predicted molar refractivity (Wildman–Crippen MR) is 64.1 cm³/mol. The monoisotopic (exact) mass is 290 g/mol. The van der Waals surface area contributed by atoms with Crippen LogP contribution in [0.4, 0.5) is 10.1 Å². The number of benzene rings is 1. The van der Waals surface area contributed by atoms with E-state index in [-0.39, 0.29) is 17.1 Å². The van der Waals surface area contributed by atoms with Gasteiger partial charge in [0.1, 0.15) is 5.82 Å². The number of nitrogens with one attached hydrogen (secondary N) is 1. The van der Waals surface area contributed by atoms with Crippen LogP contribution in [0.15, 0.2) is 22.7 Å². The summed E-state index contributed by atoms with van der Waals surface area (Å²) in [6.45, 7) is 0. The van der Waals surface area contributed by atoms with Gasteiger partial charge in [0.15, 0.2) is 0 Å². The smallest absolute Gasteiger partial charge is 0.231 e. The van der Waals surface area contributed by atoms with Gasteiger partial charge in [0.05, 0.1) is 17.1 Å². The van der Waals surface area contributed by atoms with Gasteiger partial charge in [0, 0.05) is 4.47 Å². The number of amides is 1. The Hall–Kier alpha value is -1.01. The SMILES string of the molecule is NC(=S)CC(=O)Nc1cc(Br)ccc1F. The van der Waals surface area contributed by atoms with Crippen molar-refractivity contribution in [2.75, 3.05) is 5.32 Å². The molecule has 0 saturated heterocycles. The highest BCUT2D eigenvalue weighted by molar-refractivity contribution is 9.10. The van der Waals surface area contributed by atoms with Crippen molar-refractivity contribution in [1.82, 2.24) is 0 Å².